The summed E-state index contributed by atoms with van der Waals surface area (Å²) in [4.78, 5) is 12.1. The third kappa shape index (κ3) is 4.44. The number of aliphatic carboxylic acids is 1. The molecule has 0 unspecified atom stereocenters. The fourth-order valence-electron chi connectivity index (χ4n) is 2.68. The van der Waals surface area contributed by atoms with Crippen LogP contribution in [0.4, 0.5) is 0 Å². The molecule has 0 atom stereocenters. The van der Waals surface area contributed by atoms with E-state index in [0.29, 0.717) is 30.3 Å². The van der Waals surface area contributed by atoms with Gasteiger partial charge < -0.3 is 14.4 Å². The van der Waals surface area contributed by atoms with Crippen LogP contribution in [-0.4, -0.2) is 22.2 Å². The summed E-state index contributed by atoms with van der Waals surface area (Å²) in [6, 6.07) is 15.5. The Morgan fingerprint density at radius 3 is 2.72 bits per heavy atom. The lowest BCUT2D eigenvalue weighted by Crippen LogP contribution is -2.12. The van der Waals surface area contributed by atoms with Gasteiger partial charge in [-0.3, -0.25) is 4.79 Å². The highest BCUT2D eigenvalue weighted by atomic mass is 35.5. The van der Waals surface area contributed by atoms with Crippen molar-refractivity contribution in [3.05, 3.63) is 64.6 Å². The van der Waals surface area contributed by atoms with Crippen LogP contribution in [0, 0.1) is 0 Å². The van der Waals surface area contributed by atoms with Gasteiger partial charge in [0.1, 0.15) is 12.4 Å². The van der Waals surface area contributed by atoms with Gasteiger partial charge in [-0.15, -0.1) is 11.3 Å². The molecule has 2 aromatic heterocycles. The number of nitrogens with zero attached hydrogens (tertiary/aromatic N) is 1. The average Bonchev–Trinajstić information content (AvgIpc) is 3.24. The van der Waals surface area contributed by atoms with Crippen molar-refractivity contribution < 1.29 is 14.6 Å². The smallest absolute Gasteiger partial charge is 0.303 e. The number of aromatic nitrogens is 1. The highest BCUT2D eigenvalue weighted by molar-refractivity contribution is 7.13. The normalized spacial score (nSPS) is 10.8. The predicted octanol–water partition coefficient (Wildman–Crippen LogP) is 4.97. The number of hydrogen-bond donors (Lipinski definition) is 1. The Hall–Kier alpha value is -2.24. The third-order valence-corrected chi connectivity index (χ3v) is 5.05. The van der Waals surface area contributed by atoms with Gasteiger partial charge in [-0.1, -0.05) is 29.8 Å². The summed E-state index contributed by atoms with van der Waals surface area (Å²) in [6.45, 7) is 1.08. The Morgan fingerprint density at radius 1 is 1.16 bits per heavy atom. The van der Waals surface area contributed by atoms with Crippen LogP contribution in [0.25, 0.3) is 10.6 Å². The number of halogens is 1. The molecule has 0 saturated heterocycles. The van der Waals surface area contributed by atoms with Gasteiger partial charge in [-0.05, 0) is 42.1 Å². The van der Waals surface area contributed by atoms with Gasteiger partial charge in [-0.2, -0.15) is 0 Å². The largest absolute Gasteiger partial charge is 0.490 e. The number of carbonyl (C=O) groups is 1. The van der Waals surface area contributed by atoms with Crippen LogP contribution in [0.15, 0.2) is 53.9 Å². The maximum Gasteiger partial charge on any atom is 0.303 e. The Bertz CT molecular complexity index is 842. The van der Waals surface area contributed by atoms with Crippen molar-refractivity contribution in [3.8, 4) is 16.3 Å². The van der Waals surface area contributed by atoms with Gasteiger partial charge in [0.05, 0.1) is 28.6 Å². The van der Waals surface area contributed by atoms with Crippen LogP contribution in [-0.2, 0) is 17.8 Å². The molecule has 2 heterocycles. The van der Waals surface area contributed by atoms with Crippen molar-refractivity contribution >= 4 is 28.9 Å². The Kier molecular flexibility index (Phi) is 5.79. The molecule has 130 valence electrons. The van der Waals surface area contributed by atoms with Crippen molar-refractivity contribution in [1.29, 1.82) is 0 Å². The summed E-state index contributed by atoms with van der Waals surface area (Å²) in [5, 5.41) is 11.6. The molecule has 6 heteroatoms. The monoisotopic (exact) mass is 375 g/mol. The molecule has 0 aliphatic rings. The van der Waals surface area contributed by atoms with E-state index in [1.807, 2.05) is 41.8 Å². The molecular weight excluding hydrogens is 358 g/mol. The Morgan fingerprint density at radius 2 is 2.00 bits per heavy atom. The summed E-state index contributed by atoms with van der Waals surface area (Å²) >= 11 is 7.78. The standard InChI is InChI=1S/C19H18ClNO3S/c20-15-4-1-2-5-17(15)24-12-11-21-14(8-10-19(22)23)7-9-16(21)18-6-3-13-25-18/h1-7,9,13H,8,10-12H2,(H,22,23). The minimum absolute atomic E-state index is 0.110. The topological polar surface area (TPSA) is 51.5 Å². The molecule has 0 radical (unpaired) electrons. The number of para-hydroxylation sites is 1. The lowest BCUT2D eigenvalue weighted by Gasteiger charge is -2.14. The zero-order valence-corrected chi connectivity index (χ0v) is 15.1. The van der Waals surface area contributed by atoms with E-state index in [9.17, 15) is 4.79 Å². The lowest BCUT2D eigenvalue weighted by molar-refractivity contribution is -0.136. The predicted molar refractivity (Wildman–Crippen MR) is 101 cm³/mol. The SMILES string of the molecule is O=C(O)CCc1ccc(-c2cccs2)n1CCOc1ccccc1Cl. The summed E-state index contributed by atoms with van der Waals surface area (Å²) in [7, 11) is 0. The van der Waals surface area contributed by atoms with E-state index < -0.39 is 5.97 Å². The molecule has 1 N–H and O–H groups in total. The second-order valence-corrected chi connectivity index (χ2v) is 6.87. The van der Waals surface area contributed by atoms with Crippen LogP contribution < -0.4 is 4.74 Å². The van der Waals surface area contributed by atoms with Crippen molar-refractivity contribution in [3.63, 3.8) is 0 Å². The van der Waals surface area contributed by atoms with Gasteiger partial charge in [0.2, 0.25) is 0 Å². The van der Waals surface area contributed by atoms with E-state index in [1.54, 1.807) is 17.4 Å². The first kappa shape index (κ1) is 17.6. The Balaban J connectivity index is 1.76. The number of aryl methyl sites for hydroxylation is 1. The highest BCUT2D eigenvalue weighted by Crippen LogP contribution is 2.28. The summed E-state index contributed by atoms with van der Waals surface area (Å²) in [5.74, 6) is -0.140. The maximum absolute atomic E-state index is 10.9. The summed E-state index contributed by atoms with van der Waals surface area (Å²) in [5.41, 5.74) is 2.08. The van der Waals surface area contributed by atoms with E-state index in [4.69, 9.17) is 21.4 Å². The minimum atomic E-state index is -0.794. The van der Waals surface area contributed by atoms with Crippen molar-refractivity contribution in [1.82, 2.24) is 4.57 Å². The number of thiophene rings is 1. The quantitative estimate of drug-likeness (QED) is 0.605. The maximum atomic E-state index is 10.9. The molecule has 0 spiro atoms. The van der Waals surface area contributed by atoms with Gasteiger partial charge in [0.25, 0.3) is 0 Å². The van der Waals surface area contributed by atoms with Crippen LogP contribution in [0.5, 0.6) is 5.75 Å². The van der Waals surface area contributed by atoms with Crippen molar-refractivity contribution in [2.45, 2.75) is 19.4 Å². The van der Waals surface area contributed by atoms with Gasteiger partial charge in [-0.25, -0.2) is 0 Å². The first-order valence-corrected chi connectivity index (χ1v) is 9.22. The van der Waals surface area contributed by atoms with Crippen LogP contribution in [0.2, 0.25) is 5.02 Å². The first-order chi connectivity index (χ1) is 12.1. The van der Waals surface area contributed by atoms with E-state index in [1.165, 1.54) is 0 Å². The molecule has 0 bridgehead atoms. The number of carboxylic acids is 1. The van der Waals surface area contributed by atoms with E-state index in [0.717, 1.165) is 16.3 Å². The zero-order valence-electron chi connectivity index (χ0n) is 13.5. The van der Waals surface area contributed by atoms with Crippen LogP contribution in [0.1, 0.15) is 12.1 Å². The summed E-state index contributed by atoms with van der Waals surface area (Å²) in [6.07, 6.45) is 0.603. The number of carboxylic acid groups (broad SMARTS) is 1. The molecule has 3 aromatic rings. The molecule has 0 aliphatic heterocycles. The average molecular weight is 376 g/mol. The van der Waals surface area contributed by atoms with Crippen molar-refractivity contribution in [2.75, 3.05) is 6.61 Å². The van der Waals surface area contributed by atoms with E-state index >= 15 is 0 Å². The second-order valence-electron chi connectivity index (χ2n) is 5.51. The fourth-order valence-corrected chi connectivity index (χ4v) is 3.63. The molecule has 1 aromatic carbocycles. The van der Waals surface area contributed by atoms with Gasteiger partial charge >= 0.3 is 5.97 Å². The summed E-state index contributed by atoms with van der Waals surface area (Å²) < 4.78 is 7.93. The van der Waals surface area contributed by atoms with E-state index in [-0.39, 0.29) is 6.42 Å². The first-order valence-electron chi connectivity index (χ1n) is 7.96. The third-order valence-electron chi connectivity index (χ3n) is 3.85. The number of ether oxygens (including phenoxy) is 1. The molecule has 0 aliphatic carbocycles. The zero-order chi connectivity index (χ0) is 17.6. The number of rotatable bonds is 8. The molecule has 0 amide bonds. The minimum Gasteiger partial charge on any atom is -0.490 e. The molecule has 3 rings (SSSR count). The number of hydrogen-bond acceptors (Lipinski definition) is 3. The van der Waals surface area contributed by atoms with Gasteiger partial charge in [0, 0.05) is 5.69 Å². The molecule has 25 heavy (non-hydrogen) atoms. The fraction of sp³-hybridized carbons (Fsp3) is 0.211. The molecule has 0 saturated carbocycles. The van der Waals surface area contributed by atoms with Crippen molar-refractivity contribution in [2.24, 2.45) is 0 Å². The Labute approximate surface area is 155 Å². The van der Waals surface area contributed by atoms with Crippen LogP contribution in [0.3, 0.4) is 0 Å². The molecule has 0 fully saturated rings. The van der Waals surface area contributed by atoms with Crippen LogP contribution >= 0.6 is 22.9 Å². The van der Waals surface area contributed by atoms with E-state index in [2.05, 4.69) is 10.6 Å². The molecular formula is C19H18ClNO3S. The second kappa shape index (κ2) is 8.23. The number of benzene rings is 1. The van der Waals surface area contributed by atoms with Gasteiger partial charge in [0.15, 0.2) is 0 Å². The highest BCUT2D eigenvalue weighted by Gasteiger charge is 2.12. The molecule has 4 nitrogen and oxygen atoms in total. The lowest BCUT2D eigenvalue weighted by atomic mass is 10.2.